The maximum absolute atomic E-state index is 9.71. The highest BCUT2D eigenvalue weighted by atomic mass is 16.3. The van der Waals surface area contributed by atoms with Crippen LogP contribution in [0.1, 0.15) is 25.7 Å². The molecule has 4 fully saturated rings. The van der Waals surface area contributed by atoms with Crippen LogP contribution in [0.3, 0.4) is 0 Å². The molecule has 0 heterocycles. The predicted molar refractivity (Wildman–Crippen MR) is 38.4 cm³/mol. The SMILES string of the molecule is OC1C2CC3CCC2CC31. The molecule has 0 aromatic rings. The van der Waals surface area contributed by atoms with Crippen molar-refractivity contribution in [1.82, 2.24) is 0 Å². The fourth-order valence-electron chi connectivity index (χ4n) is 3.68. The van der Waals surface area contributed by atoms with Gasteiger partial charge in [-0.1, -0.05) is 0 Å². The van der Waals surface area contributed by atoms with Gasteiger partial charge in [0.25, 0.3) is 0 Å². The zero-order chi connectivity index (χ0) is 6.72. The second-order valence-corrected chi connectivity index (χ2v) is 4.39. The molecule has 10 heavy (non-hydrogen) atoms. The quantitative estimate of drug-likeness (QED) is 0.536. The minimum atomic E-state index is 0.109. The monoisotopic (exact) mass is 138 g/mol. The van der Waals surface area contributed by atoms with Gasteiger partial charge in [0.15, 0.2) is 0 Å². The summed E-state index contributed by atoms with van der Waals surface area (Å²) in [6, 6.07) is 0. The van der Waals surface area contributed by atoms with Crippen molar-refractivity contribution >= 4 is 0 Å². The summed E-state index contributed by atoms with van der Waals surface area (Å²) >= 11 is 0. The summed E-state index contributed by atoms with van der Waals surface area (Å²) in [5.41, 5.74) is 0. The van der Waals surface area contributed by atoms with Gasteiger partial charge in [-0.3, -0.25) is 0 Å². The lowest BCUT2D eigenvalue weighted by molar-refractivity contribution is 0.121. The lowest BCUT2D eigenvalue weighted by Crippen LogP contribution is -2.24. The highest BCUT2D eigenvalue weighted by molar-refractivity contribution is 5.04. The average molecular weight is 138 g/mol. The molecule has 0 aromatic heterocycles. The normalized spacial score (nSPS) is 63.9. The van der Waals surface area contributed by atoms with Crippen molar-refractivity contribution in [2.24, 2.45) is 23.7 Å². The average Bonchev–Trinajstić information content (AvgIpc) is 2.42. The molecule has 0 radical (unpaired) electrons. The summed E-state index contributed by atoms with van der Waals surface area (Å²) in [6.45, 7) is 0. The molecule has 0 amide bonds. The van der Waals surface area contributed by atoms with Crippen LogP contribution in [0.15, 0.2) is 0 Å². The third kappa shape index (κ3) is 0.460. The van der Waals surface area contributed by atoms with Crippen molar-refractivity contribution in [2.75, 3.05) is 0 Å². The number of rotatable bonds is 0. The fourth-order valence-corrected chi connectivity index (χ4v) is 3.68. The summed E-state index contributed by atoms with van der Waals surface area (Å²) in [5.74, 6) is 3.29. The Hall–Kier alpha value is -0.0400. The van der Waals surface area contributed by atoms with Gasteiger partial charge in [0.05, 0.1) is 6.10 Å². The van der Waals surface area contributed by atoms with Crippen LogP contribution in [-0.4, -0.2) is 11.2 Å². The Bertz CT molecular complexity index is 144. The fraction of sp³-hybridized carbons (Fsp3) is 1.00. The Kier molecular flexibility index (Phi) is 0.883. The van der Waals surface area contributed by atoms with Crippen LogP contribution in [-0.2, 0) is 0 Å². The summed E-state index contributed by atoms with van der Waals surface area (Å²) in [4.78, 5) is 0. The molecule has 4 aliphatic carbocycles. The van der Waals surface area contributed by atoms with Gasteiger partial charge >= 0.3 is 0 Å². The molecule has 0 aromatic carbocycles. The van der Waals surface area contributed by atoms with Gasteiger partial charge in [-0.05, 0) is 49.4 Å². The molecule has 1 nitrogen and oxygen atoms in total. The summed E-state index contributed by atoms with van der Waals surface area (Å²) < 4.78 is 0. The van der Waals surface area contributed by atoms with Gasteiger partial charge in [-0.25, -0.2) is 0 Å². The minimum Gasteiger partial charge on any atom is -0.393 e. The van der Waals surface area contributed by atoms with E-state index >= 15 is 0 Å². The Morgan fingerprint density at radius 1 is 0.900 bits per heavy atom. The van der Waals surface area contributed by atoms with Gasteiger partial charge in [0.2, 0.25) is 0 Å². The first-order valence-electron chi connectivity index (χ1n) is 4.54. The van der Waals surface area contributed by atoms with Crippen molar-refractivity contribution < 1.29 is 5.11 Å². The molecule has 4 saturated carbocycles. The predicted octanol–water partition coefficient (Wildman–Crippen LogP) is 1.41. The zero-order valence-corrected chi connectivity index (χ0v) is 6.16. The molecule has 1 N–H and O–H groups in total. The van der Waals surface area contributed by atoms with E-state index in [0.29, 0.717) is 0 Å². The van der Waals surface area contributed by atoms with Crippen LogP contribution in [0.4, 0.5) is 0 Å². The number of hydrogen-bond acceptors (Lipinski definition) is 1. The van der Waals surface area contributed by atoms with E-state index in [2.05, 4.69) is 0 Å². The second-order valence-electron chi connectivity index (χ2n) is 4.39. The topological polar surface area (TPSA) is 20.2 Å². The van der Waals surface area contributed by atoms with Crippen molar-refractivity contribution in [2.45, 2.75) is 31.8 Å². The molecular formula is C9H14O. The van der Waals surface area contributed by atoms with Crippen LogP contribution in [0.5, 0.6) is 0 Å². The van der Waals surface area contributed by atoms with Crippen LogP contribution in [0.25, 0.3) is 0 Å². The number of hydrogen-bond donors (Lipinski definition) is 1. The van der Waals surface area contributed by atoms with E-state index in [1.54, 1.807) is 0 Å². The van der Waals surface area contributed by atoms with E-state index in [-0.39, 0.29) is 6.10 Å². The molecular weight excluding hydrogens is 124 g/mol. The van der Waals surface area contributed by atoms with Crippen molar-refractivity contribution in [3.8, 4) is 0 Å². The summed E-state index contributed by atoms with van der Waals surface area (Å²) in [7, 11) is 0. The first-order chi connectivity index (χ1) is 4.86. The van der Waals surface area contributed by atoms with Crippen molar-refractivity contribution in [3.05, 3.63) is 0 Å². The largest absolute Gasteiger partial charge is 0.393 e. The molecule has 4 bridgehead atoms. The van der Waals surface area contributed by atoms with Gasteiger partial charge < -0.3 is 5.11 Å². The maximum atomic E-state index is 9.71. The van der Waals surface area contributed by atoms with E-state index in [4.69, 9.17) is 0 Å². The Morgan fingerprint density at radius 2 is 1.40 bits per heavy atom. The lowest BCUT2D eigenvalue weighted by Gasteiger charge is -2.34. The number of aliphatic hydroxyl groups excluding tert-OH is 1. The second kappa shape index (κ2) is 1.58. The molecule has 0 saturated heterocycles. The summed E-state index contributed by atoms with van der Waals surface area (Å²) in [6.07, 6.45) is 5.66. The molecule has 4 rings (SSSR count). The minimum absolute atomic E-state index is 0.109. The molecule has 0 spiro atoms. The van der Waals surface area contributed by atoms with Crippen molar-refractivity contribution in [1.29, 1.82) is 0 Å². The van der Waals surface area contributed by atoms with Crippen LogP contribution in [0, 0.1) is 23.7 Å². The lowest BCUT2D eigenvalue weighted by atomic mass is 9.71. The molecule has 4 aliphatic rings. The van der Waals surface area contributed by atoms with E-state index in [0.717, 1.165) is 23.7 Å². The third-order valence-corrected chi connectivity index (χ3v) is 4.15. The highest BCUT2D eigenvalue weighted by Crippen LogP contribution is 2.59. The third-order valence-electron chi connectivity index (χ3n) is 4.15. The molecule has 1 heteroatoms. The smallest absolute Gasteiger partial charge is 0.0602 e. The van der Waals surface area contributed by atoms with E-state index < -0.39 is 0 Å². The Balaban J connectivity index is 2.01. The summed E-state index contributed by atoms with van der Waals surface area (Å²) in [5, 5.41) is 9.71. The standard InChI is InChI=1S/C9H14O/c10-9-7-4-6-2-1-5(7)3-8(6)9/h5-10H,1-4H2. The zero-order valence-electron chi connectivity index (χ0n) is 6.16. The Labute approximate surface area is 61.4 Å². The van der Waals surface area contributed by atoms with E-state index in [1.807, 2.05) is 0 Å². The van der Waals surface area contributed by atoms with Crippen LogP contribution >= 0.6 is 0 Å². The first-order valence-corrected chi connectivity index (χ1v) is 4.54. The van der Waals surface area contributed by atoms with E-state index in [1.165, 1.54) is 25.7 Å². The molecule has 56 valence electrons. The van der Waals surface area contributed by atoms with Gasteiger partial charge in [-0.15, -0.1) is 0 Å². The number of fused-ring (bicyclic) bond motifs is 1. The van der Waals surface area contributed by atoms with Gasteiger partial charge in [0, 0.05) is 0 Å². The maximum Gasteiger partial charge on any atom is 0.0602 e. The van der Waals surface area contributed by atoms with Gasteiger partial charge in [-0.2, -0.15) is 0 Å². The molecule has 4 atom stereocenters. The first kappa shape index (κ1) is 5.59. The highest BCUT2D eigenvalue weighted by Gasteiger charge is 2.55. The van der Waals surface area contributed by atoms with Crippen LogP contribution in [0.2, 0.25) is 0 Å². The molecule has 0 aliphatic heterocycles. The van der Waals surface area contributed by atoms with Gasteiger partial charge in [0.1, 0.15) is 0 Å². The van der Waals surface area contributed by atoms with E-state index in [9.17, 15) is 5.11 Å². The van der Waals surface area contributed by atoms with Crippen molar-refractivity contribution in [3.63, 3.8) is 0 Å². The molecule has 4 unspecified atom stereocenters. The van der Waals surface area contributed by atoms with Crippen LogP contribution < -0.4 is 0 Å². The Morgan fingerprint density at radius 3 is 1.70 bits per heavy atom. The number of aliphatic hydroxyl groups is 1.